The number of benzene rings is 3. The predicted octanol–water partition coefficient (Wildman–Crippen LogP) is 8.88. The Morgan fingerprint density at radius 1 is 0.912 bits per heavy atom. The lowest BCUT2D eigenvalue weighted by atomic mass is 10.2. The largest absolute Gasteiger partial charge is 0.488 e. The highest BCUT2D eigenvalue weighted by atomic mass is 79.9. The number of hydrogen-bond donors (Lipinski definition) is 0. The van der Waals surface area contributed by atoms with Crippen LogP contribution in [0.2, 0.25) is 20.1 Å². The zero-order valence-electron chi connectivity index (χ0n) is 17.2. The molecule has 0 saturated carbocycles. The molecule has 3 aromatic rings. The fourth-order valence-electron chi connectivity index (χ4n) is 3.13. The van der Waals surface area contributed by atoms with E-state index in [1.807, 2.05) is 6.07 Å². The molecule has 1 aliphatic heterocycles. The SMILES string of the molecule is O=C1S/C(=C/c2ccc(OCc3ccc(Cl)cc3Cl)c(Br)c2)C(=O)N1Cc1ccc(Cl)c(Cl)c1. The minimum Gasteiger partial charge on any atom is -0.488 e. The summed E-state index contributed by atoms with van der Waals surface area (Å²) in [6, 6.07) is 15.6. The van der Waals surface area contributed by atoms with E-state index >= 15 is 0 Å². The number of nitrogens with zero attached hydrogens (tertiary/aromatic N) is 1. The van der Waals surface area contributed by atoms with E-state index in [9.17, 15) is 9.59 Å². The van der Waals surface area contributed by atoms with Gasteiger partial charge in [0.15, 0.2) is 0 Å². The second kappa shape index (κ2) is 10.9. The highest BCUT2D eigenvalue weighted by molar-refractivity contribution is 9.10. The number of carbonyl (C=O) groups is 2. The average molecular weight is 618 g/mol. The molecule has 1 fully saturated rings. The zero-order valence-corrected chi connectivity index (χ0v) is 22.6. The predicted molar refractivity (Wildman–Crippen MR) is 143 cm³/mol. The first-order chi connectivity index (χ1) is 16.2. The summed E-state index contributed by atoms with van der Waals surface area (Å²) in [5, 5.41) is 1.51. The van der Waals surface area contributed by atoms with Crippen LogP contribution in [0, 0.1) is 0 Å². The van der Waals surface area contributed by atoms with Crippen LogP contribution < -0.4 is 4.74 Å². The van der Waals surface area contributed by atoms with Crippen molar-refractivity contribution in [3.63, 3.8) is 0 Å². The maximum atomic E-state index is 12.8. The van der Waals surface area contributed by atoms with E-state index in [2.05, 4.69) is 15.9 Å². The van der Waals surface area contributed by atoms with E-state index in [4.69, 9.17) is 51.1 Å². The molecule has 10 heteroatoms. The van der Waals surface area contributed by atoms with Crippen molar-refractivity contribution in [1.82, 2.24) is 4.90 Å². The van der Waals surface area contributed by atoms with Gasteiger partial charge in [-0.15, -0.1) is 0 Å². The van der Waals surface area contributed by atoms with Crippen molar-refractivity contribution < 1.29 is 14.3 Å². The molecular formula is C24H14BrCl4NO3S. The van der Waals surface area contributed by atoms with E-state index in [0.717, 1.165) is 22.9 Å². The fourth-order valence-corrected chi connectivity index (χ4v) is 5.26. The number of rotatable bonds is 6. The Hall–Kier alpha value is -1.67. The summed E-state index contributed by atoms with van der Waals surface area (Å²) in [5.74, 6) is 0.241. The topological polar surface area (TPSA) is 46.6 Å². The van der Waals surface area contributed by atoms with Crippen LogP contribution in [-0.2, 0) is 17.9 Å². The number of hydrogen-bond acceptors (Lipinski definition) is 4. The standard InChI is InChI=1S/C24H14BrCl4NO3S/c25-17-7-13(2-6-21(17)33-12-15-3-4-16(26)10-19(15)28)9-22-23(31)30(24(32)34-22)11-14-1-5-18(27)20(29)8-14/h1-10H,11-12H2/b22-9+. The first kappa shape index (κ1) is 25.4. The molecule has 1 heterocycles. The molecule has 1 aliphatic rings. The highest BCUT2D eigenvalue weighted by Gasteiger charge is 2.35. The molecule has 0 spiro atoms. The van der Waals surface area contributed by atoms with Crippen molar-refractivity contribution in [2.24, 2.45) is 0 Å². The molecule has 0 atom stereocenters. The number of ether oxygens (including phenoxy) is 1. The quantitative estimate of drug-likeness (QED) is 0.259. The molecule has 3 aromatic carbocycles. The Morgan fingerprint density at radius 2 is 1.71 bits per heavy atom. The summed E-state index contributed by atoms with van der Waals surface area (Å²) in [5.41, 5.74) is 2.25. The lowest BCUT2D eigenvalue weighted by Crippen LogP contribution is -2.27. The number of imide groups is 1. The van der Waals surface area contributed by atoms with Crippen molar-refractivity contribution in [2.75, 3.05) is 0 Å². The summed E-state index contributed by atoms with van der Waals surface area (Å²) in [6.45, 7) is 0.379. The van der Waals surface area contributed by atoms with Gasteiger partial charge >= 0.3 is 0 Å². The average Bonchev–Trinajstić information content (AvgIpc) is 3.04. The van der Waals surface area contributed by atoms with Crippen LogP contribution in [-0.4, -0.2) is 16.0 Å². The Balaban J connectivity index is 1.46. The van der Waals surface area contributed by atoms with Crippen molar-refractivity contribution in [3.8, 4) is 5.75 Å². The Labute approximate surface area is 228 Å². The smallest absolute Gasteiger partial charge is 0.293 e. The van der Waals surface area contributed by atoms with Gasteiger partial charge in [0.2, 0.25) is 0 Å². The normalized spacial score (nSPS) is 14.9. The summed E-state index contributed by atoms with van der Waals surface area (Å²) < 4.78 is 6.55. The molecule has 0 aromatic heterocycles. The Morgan fingerprint density at radius 3 is 2.41 bits per heavy atom. The fraction of sp³-hybridized carbons (Fsp3) is 0.0833. The highest BCUT2D eigenvalue weighted by Crippen LogP contribution is 2.35. The summed E-state index contributed by atoms with van der Waals surface area (Å²) in [7, 11) is 0. The van der Waals surface area contributed by atoms with Crippen molar-refractivity contribution in [1.29, 1.82) is 0 Å². The molecule has 4 rings (SSSR count). The van der Waals surface area contributed by atoms with Gasteiger partial charge in [0, 0.05) is 15.6 Å². The molecule has 2 amide bonds. The number of thioether (sulfide) groups is 1. The number of carbonyl (C=O) groups excluding carboxylic acids is 2. The second-order valence-electron chi connectivity index (χ2n) is 7.23. The Kier molecular flexibility index (Phi) is 8.18. The minimum absolute atomic E-state index is 0.114. The number of amides is 2. The second-order valence-corrected chi connectivity index (χ2v) is 10.7. The van der Waals surface area contributed by atoms with Crippen molar-refractivity contribution in [2.45, 2.75) is 13.2 Å². The third-order valence-electron chi connectivity index (χ3n) is 4.85. The lowest BCUT2D eigenvalue weighted by Gasteiger charge is -2.13. The molecule has 0 unspecified atom stereocenters. The molecular weight excluding hydrogens is 604 g/mol. The molecule has 34 heavy (non-hydrogen) atoms. The van der Waals surface area contributed by atoms with Crippen LogP contribution in [0.15, 0.2) is 64.0 Å². The van der Waals surface area contributed by atoms with Gasteiger partial charge in [-0.1, -0.05) is 64.6 Å². The monoisotopic (exact) mass is 615 g/mol. The summed E-state index contributed by atoms with van der Waals surface area (Å²) >= 11 is 28.5. The van der Waals surface area contributed by atoms with Crippen LogP contribution in [0.25, 0.3) is 6.08 Å². The molecule has 1 saturated heterocycles. The minimum atomic E-state index is -0.366. The van der Waals surface area contributed by atoms with Gasteiger partial charge < -0.3 is 4.74 Å². The summed E-state index contributed by atoms with van der Waals surface area (Å²) in [4.78, 5) is 26.8. The molecule has 0 bridgehead atoms. The van der Waals surface area contributed by atoms with Crippen LogP contribution in [0.3, 0.4) is 0 Å². The van der Waals surface area contributed by atoms with E-state index in [0.29, 0.717) is 40.8 Å². The third-order valence-corrected chi connectivity index (χ3v) is 7.70. The molecule has 0 aliphatic carbocycles. The first-order valence-electron chi connectivity index (χ1n) is 9.77. The summed E-state index contributed by atoms with van der Waals surface area (Å²) in [6.07, 6.45) is 1.67. The van der Waals surface area contributed by atoms with Crippen LogP contribution in [0.4, 0.5) is 4.79 Å². The van der Waals surface area contributed by atoms with Gasteiger partial charge in [0.1, 0.15) is 12.4 Å². The molecule has 174 valence electrons. The van der Waals surface area contributed by atoms with Gasteiger partial charge in [-0.3, -0.25) is 14.5 Å². The molecule has 0 radical (unpaired) electrons. The van der Waals surface area contributed by atoms with Crippen molar-refractivity contribution in [3.05, 3.63) is 101 Å². The third kappa shape index (κ3) is 5.93. The van der Waals surface area contributed by atoms with E-state index in [-0.39, 0.29) is 24.3 Å². The molecule has 0 N–H and O–H groups in total. The van der Waals surface area contributed by atoms with Crippen molar-refractivity contribution >= 4 is 91.3 Å². The Bertz CT molecular complexity index is 1330. The van der Waals surface area contributed by atoms with E-state index < -0.39 is 0 Å². The van der Waals surface area contributed by atoms with Crippen LogP contribution in [0.1, 0.15) is 16.7 Å². The van der Waals surface area contributed by atoms with Crippen LogP contribution >= 0.6 is 74.1 Å². The lowest BCUT2D eigenvalue weighted by molar-refractivity contribution is -0.123. The maximum absolute atomic E-state index is 12.8. The van der Waals surface area contributed by atoms with E-state index in [1.54, 1.807) is 54.6 Å². The van der Waals surface area contributed by atoms with Gasteiger partial charge in [0.05, 0.1) is 26.0 Å². The number of halogens is 5. The van der Waals surface area contributed by atoms with E-state index in [1.165, 1.54) is 4.90 Å². The van der Waals surface area contributed by atoms with Gasteiger partial charge in [-0.2, -0.15) is 0 Å². The van der Waals surface area contributed by atoms with Gasteiger partial charge in [0.25, 0.3) is 11.1 Å². The maximum Gasteiger partial charge on any atom is 0.293 e. The molecule has 4 nitrogen and oxygen atoms in total. The zero-order chi connectivity index (χ0) is 24.4. The van der Waals surface area contributed by atoms with Crippen LogP contribution in [0.5, 0.6) is 5.75 Å². The van der Waals surface area contributed by atoms with Gasteiger partial charge in [-0.05, 0) is 81.3 Å². The first-order valence-corrected chi connectivity index (χ1v) is 12.9. The van der Waals surface area contributed by atoms with Gasteiger partial charge in [-0.25, -0.2) is 0 Å².